The minimum atomic E-state index is -0.0205. The highest BCUT2D eigenvalue weighted by molar-refractivity contribution is 7.99. The largest absolute Gasteiger partial charge is 0.480 e. The summed E-state index contributed by atoms with van der Waals surface area (Å²) in [5.74, 6) is 1.58. The third-order valence-corrected chi connectivity index (χ3v) is 5.40. The van der Waals surface area contributed by atoms with Crippen LogP contribution in [0.4, 0.5) is 5.69 Å². The summed E-state index contributed by atoms with van der Waals surface area (Å²) in [6.07, 6.45) is 0. The normalized spacial score (nSPS) is 17.0. The minimum absolute atomic E-state index is 0.0205. The van der Waals surface area contributed by atoms with E-state index in [2.05, 4.69) is 18.1 Å². The minimum Gasteiger partial charge on any atom is -0.480 e. The molecule has 1 amide bonds. The van der Waals surface area contributed by atoms with Crippen molar-refractivity contribution in [2.45, 2.75) is 31.7 Å². The highest BCUT2D eigenvalue weighted by Gasteiger charge is 2.29. The summed E-state index contributed by atoms with van der Waals surface area (Å²) in [4.78, 5) is 15.7. The van der Waals surface area contributed by atoms with Crippen LogP contribution in [-0.2, 0) is 11.8 Å². The predicted octanol–water partition coefficient (Wildman–Crippen LogP) is 2.94. The molecule has 0 N–H and O–H groups in total. The van der Waals surface area contributed by atoms with Gasteiger partial charge in [-0.25, -0.2) is 0 Å². The first-order valence-corrected chi connectivity index (χ1v) is 8.64. The fourth-order valence-corrected chi connectivity index (χ4v) is 3.91. The number of aromatic nitrogens is 2. The molecule has 1 aliphatic rings. The van der Waals surface area contributed by atoms with Gasteiger partial charge in [-0.3, -0.25) is 9.48 Å². The Labute approximate surface area is 140 Å². The number of aryl methyl sites for hydroxylation is 2. The molecule has 3 rings (SSSR count). The van der Waals surface area contributed by atoms with Crippen LogP contribution in [0, 0.1) is 13.8 Å². The second kappa shape index (κ2) is 6.28. The molecule has 5 nitrogen and oxygen atoms in total. The van der Waals surface area contributed by atoms with Crippen molar-refractivity contribution < 1.29 is 9.53 Å². The summed E-state index contributed by atoms with van der Waals surface area (Å²) >= 11 is 1.79. The van der Waals surface area contributed by atoms with E-state index in [-0.39, 0.29) is 18.6 Å². The number of rotatable bonds is 3. The molecule has 6 heteroatoms. The number of nitrogens with zero attached hydrogens (tertiary/aromatic N) is 3. The maximum absolute atomic E-state index is 12.7. The molecule has 2 aromatic rings. The van der Waals surface area contributed by atoms with Gasteiger partial charge in [-0.2, -0.15) is 5.10 Å². The number of benzene rings is 1. The topological polar surface area (TPSA) is 47.4 Å². The Hall–Kier alpha value is -1.95. The Morgan fingerprint density at radius 2 is 2.13 bits per heavy atom. The van der Waals surface area contributed by atoms with E-state index >= 15 is 0 Å². The van der Waals surface area contributed by atoms with Crippen LogP contribution < -0.4 is 9.64 Å². The fourth-order valence-electron chi connectivity index (χ4n) is 2.85. The Bertz CT molecular complexity index is 741. The summed E-state index contributed by atoms with van der Waals surface area (Å²) in [6.45, 7) is 5.93. The van der Waals surface area contributed by atoms with Crippen molar-refractivity contribution in [2.75, 3.05) is 17.3 Å². The van der Waals surface area contributed by atoms with Crippen LogP contribution in [0.3, 0.4) is 0 Å². The number of amides is 1. The lowest BCUT2D eigenvalue weighted by atomic mass is 10.2. The van der Waals surface area contributed by atoms with Crippen LogP contribution in [0.25, 0.3) is 0 Å². The molecule has 1 aromatic carbocycles. The first-order valence-electron chi connectivity index (χ1n) is 7.66. The molecule has 1 aromatic heterocycles. The van der Waals surface area contributed by atoms with Crippen molar-refractivity contribution in [2.24, 2.45) is 7.05 Å². The zero-order valence-electron chi connectivity index (χ0n) is 13.9. The quantitative estimate of drug-likeness (QED) is 0.867. The maximum atomic E-state index is 12.7. The summed E-state index contributed by atoms with van der Waals surface area (Å²) < 4.78 is 7.55. The molecule has 0 aliphatic carbocycles. The second-order valence-corrected chi connectivity index (χ2v) is 6.87. The molecule has 1 aliphatic heterocycles. The zero-order valence-corrected chi connectivity index (χ0v) is 14.7. The molecule has 1 atom stereocenters. The molecule has 0 saturated carbocycles. The van der Waals surface area contributed by atoms with Crippen molar-refractivity contribution in [1.82, 2.24) is 9.78 Å². The van der Waals surface area contributed by atoms with Crippen LogP contribution in [0.1, 0.15) is 18.3 Å². The van der Waals surface area contributed by atoms with Gasteiger partial charge in [0.05, 0.1) is 11.4 Å². The number of ether oxygens (including phenoxy) is 1. The van der Waals surface area contributed by atoms with Crippen molar-refractivity contribution in [3.8, 4) is 5.75 Å². The smallest absolute Gasteiger partial charge is 0.265 e. The van der Waals surface area contributed by atoms with Crippen molar-refractivity contribution in [1.29, 1.82) is 0 Å². The predicted molar refractivity (Wildman–Crippen MR) is 92.3 cm³/mol. The number of carbonyl (C=O) groups is 1. The van der Waals surface area contributed by atoms with Gasteiger partial charge in [0, 0.05) is 23.7 Å². The molecule has 0 saturated heterocycles. The summed E-state index contributed by atoms with van der Waals surface area (Å²) in [5, 5.41) is 4.32. The average Bonchev–Trinajstić information content (AvgIpc) is 2.77. The molecule has 23 heavy (non-hydrogen) atoms. The van der Waals surface area contributed by atoms with Gasteiger partial charge in [0.25, 0.3) is 5.91 Å². The third kappa shape index (κ3) is 2.95. The van der Waals surface area contributed by atoms with Gasteiger partial charge in [0.15, 0.2) is 12.4 Å². The third-order valence-electron chi connectivity index (χ3n) is 4.10. The maximum Gasteiger partial charge on any atom is 0.265 e. The van der Waals surface area contributed by atoms with E-state index in [9.17, 15) is 4.79 Å². The van der Waals surface area contributed by atoms with Gasteiger partial charge in [0.1, 0.15) is 5.69 Å². The number of para-hydroxylation sites is 1. The van der Waals surface area contributed by atoms with Crippen LogP contribution in [0.5, 0.6) is 5.75 Å². The van der Waals surface area contributed by atoms with E-state index in [0.29, 0.717) is 5.75 Å². The lowest BCUT2D eigenvalue weighted by Crippen LogP contribution is -2.44. The van der Waals surface area contributed by atoms with Crippen LogP contribution >= 0.6 is 11.8 Å². The van der Waals surface area contributed by atoms with Gasteiger partial charge in [0.2, 0.25) is 0 Å². The van der Waals surface area contributed by atoms with Crippen LogP contribution in [0.2, 0.25) is 0 Å². The Morgan fingerprint density at radius 1 is 1.39 bits per heavy atom. The van der Waals surface area contributed by atoms with E-state index < -0.39 is 0 Å². The number of hydrogen-bond acceptors (Lipinski definition) is 4. The van der Waals surface area contributed by atoms with Gasteiger partial charge < -0.3 is 9.64 Å². The highest BCUT2D eigenvalue weighted by atomic mass is 32.2. The van der Waals surface area contributed by atoms with Gasteiger partial charge in [-0.1, -0.05) is 12.1 Å². The van der Waals surface area contributed by atoms with Crippen molar-refractivity contribution >= 4 is 23.4 Å². The van der Waals surface area contributed by atoms with E-state index in [4.69, 9.17) is 4.74 Å². The SMILES string of the molecule is Cc1nn(C)c(C)c1OCC(=O)N1c2ccccc2SC[C@@H]1C. The summed E-state index contributed by atoms with van der Waals surface area (Å²) in [5.41, 5.74) is 2.71. The zero-order chi connectivity index (χ0) is 16.6. The number of thioether (sulfide) groups is 1. The summed E-state index contributed by atoms with van der Waals surface area (Å²) in [6, 6.07) is 8.18. The van der Waals surface area contributed by atoms with Gasteiger partial charge in [-0.05, 0) is 32.9 Å². The van der Waals surface area contributed by atoms with E-state index in [1.807, 2.05) is 44.0 Å². The average molecular weight is 331 g/mol. The van der Waals surface area contributed by atoms with Gasteiger partial charge in [-0.15, -0.1) is 11.8 Å². The van der Waals surface area contributed by atoms with E-state index in [1.54, 1.807) is 16.4 Å². The van der Waals surface area contributed by atoms with Gasteiger partial charge >= 0.3 is 0 Å². The second-order valence-electron chi connectivity index (χ2n) is 5.80. The summed E-state index contributed by atoms with van der Waals surface area (Å²) in [7, 11) is 1.87. The molecular weight excluding hydrogens is 310 g/mol. The Morgan fingerprint density at radius 3 is 2.83 bits per heavy atom. The standard InChI is InChI=1S/C17H21N3O2S/c1-11-10-23-15-8-6-5-7-14(15)20(11)16(21)9-22-17-12(2)18-19(4)13(17)3/h5-8,11H,9-10H2,1-4H3/t11-/m0/s1. The lowest BCUT2D eigenvalue weighted by molar-refractivity contribution is -0.121. The lowest BCUT2D eigenvalue weighted by Gasteiger charge is -2.34. The van der Waals surface area contributed by atoms with Crippen LogP contribution in [0.15, 0.2) is 29.2 Å². The number of carbonyl (C=O) groups excluding carboxylic acids is 1. The molecular formula is C17H21N3O2S. The Balaban J connectivity index is 1.78. The van der Waals surface area contributed by atoms with Crippen LogP contribution in [-0.4, -0.2) is 34.1 Å². The molecule has 0 bridgehead atoms. The highest BCUT2D eigenvalue weighted by Crippen LogP contribution is 2.37. The molecule has 122 valence electrons. The Kier molecular flexibility index (Phi) is 4.35. The molecule has 2 heterocycles. The molecule has 0 unspecified atom stereocenters. The fraction of sp³-hybridized carbons (Fsp3) is 0.412. The molecule has 0 fully saturated rings. The molecule has 0 radical (unpaired) electrons. The number of hydrogen-bond donors (Lipinski definition) is 0. The number of anilines is 1. The van der Waals surface area contributed by atoms with Crippen molar-refractivity contribution in [3.63, 3.8) is 0 Å². The molecule has 0 spiro atoms. The first-order chi connectivity index (χ1) is 11.0. The number of fused-ring (bicyclic) bond motifs is 1. The van der Waals surface area contributed by atoms with E-state index in [0.717, 1.165) is 27.7 Å². The van der Waals surface area contributed by atoms with E-state index in [1.165, 1.54) is 0 Å². The van der Waals surface area contributed by atoms with Crippen molar-refractivity contribution in [3.05, 3.63) is 35.7 Å². The monoisotopic (exact) mass is 331 g/mol. The first kappa shape index (κ1) is 15.9.